The van der Waals surface area contributed by atoms with E-state index < -0.39 is 0 Å². The van der Waals surface area contributed by atoms with E-state index in [4.69, 9.17) is 5.73 Å². The molecule has 0 aliphatic carbocycles. The molecule has 0 spiro atoms. The summed E-state index contributed by atoms with van der Waals surface area (Å²) in [6.07, 6.45) is 6.42. The molecule has 4 rings (SSSR count). The van der Waals surface area contributed by atoms with Crippen molar-refractivity contribution >= 4 is 27.6 Å². The molecule has 1 unspecified atom stereocenters. The van der Waals surface area contributed by atoms with E-state index in [9.17, 15) is 0 Å². The second kappa shape index (κ2) is 3.89. The number of nitrogens with two attached hydrogens (primary N) is 1. The molecule has 3 N–H and O–H groups in total. The molecule has 96 valence electrons. The molecule has 19 heavy (non-hydrogen) atoms. The van der Waals surface area contributed by atoms with Crippen molar-refractivity contribution in [3.05, 3.63) is 24.7 Å². The minimum atomic E-state index is 0.235. The average molecular weight is 254 g/mol. The Morgan fingerprint density at radius 3 is 3.11 bits per heavy atom. The second-order valence-electron chi connectivity index (χ2n) is 4.98. The highest BCUT2D eigenvalue weighted by Crippen LogP contribution is 2.31. The maximum absolute atomic E-state index is 6.00. The van der Waals surface area contributed by atoms with E-state index in [1.54, 1.807) is 12.4 Å². The molecule has 1 aliphatic rings. The van der Waals surface area contributed by atoms with Crippen LogP contribution in [-0.2, 0) is 0 Å². The first-order valence-corrected chi connectivity index (χ1v) is 6.40. The van der Waals surface area contributed by atoms with E-state index in [-0.39, 0.29) is 6.04 Å². The standard InChI is InChI=1S/C13H14N6/c14-9-2-4-19(7-9)13-11-8(6-17-18-13)5-16-12-10(11)1-3-15-12/h1,3,5-6,9,18H,2,4,7,14H2. The Morgan fingerprint density at radius 2 is 2.26 bits per heavy atom. The zero-order valence-corrected chi connectivity index (χ0v) is 10.4. The van der Waals surface area contributed by atoms with E-state index in [1.807, 2.05) is 12.3 Å². The fourth-order valence-corrected chi connectivity index (χ4v) is 2.78. The largest absolute Gasteiger partial charge is 0.355 e. The number of pyridine rings is 1. The number of rotatable bonds is 1. The summed E-state index contributed by atoms with van der Waals surface area (Å²) in [4.78, 5) is 10.9. The van der Waals surface area contributed by atoms with Crippen molar-refractivity contribution < 1.29 is 0 Å². The molecule has 0 aromatic carbocycles. The van der Waals surface area contributed by atoms with Gasteiger partial charge in [-0.05, 0) is 12.5 Å². The lowest BCUT2D eigenvalue weighted by Gasteiger charge is -2.19. The van der Waals surface area contributed by atoms with Gasteiger partial charge in [0.05, 0.1) is 6.20 Å². The number of hydrogen-bond donors (Lipinski definition) is 2. The van der Waals surface area contributed by atoms with Gasteiger partial charge in [-0.3, -0.25) is 5.10 Å². The minimum absolute atomic E-state index is 0.235. The molecule has 1 fully saturated rings. The molecular formula is C13H14N6. The number of hydrogen-bond acceptors (Lipinski definition) is 5. The van der Waals surface area contributed by atoms with E-state index >= 15 is 0 Å². The number of aromatic nitrogens is 4. The van der Waals surface area contributed by atoms with Gasteiger partial charge in [-0.15, -0.1) is 0 Å². The van der Waals surface area contributed by atoms with Crippen LogP contribution < -0.4 is 10.6 Å². The van der Waals surface area contributed by atoms with Crippen molar-refractivity contribution in [1.29, 1.82) is 0 Å². The highest BCUT2D eigenvalue weighted by Gasteiger charge is 2.22. The van der Waals surface area contributed by atoms with Gasteiger partial charge in [-0.25, -0.2) is 9.97 Å². The van der Waals surface area contributed by atoms with Crippen molar-refractivity contribution in [3.8, 4) is 0 Å². The van der Waals surface area contributed by atoms with Crippen LogP contribution in [0.1, 0.15) is 6.42 Å². The topological polar surface area (TPSA) is 83.7 Å². The quantitative estimate of drug-likeness (QED) is 0.678. The van der Waals surface area contributed by atoms with Gasteiger partial charge in [-0.1, -0.05) is 0 Å². The molecule has 0 amide bonds. The Morgan fingerprint density at radius 1 is 1.32 bits per heavy atom. The Labute approximate surface area is 109 Å². The Bertz CT molecular complexity index is 749. The highest BCUT2D eigenvalue weighted by molar-refractivity contribution is 6.09. The number of anilines is 1. The third-order valence-electron chi connectivity index (χ3n) is 3.71. The molecule has 0 radical (unpaired) electrons. The summed E-state index contributed by atoms with van der Waals surface area (Å²) in [5, 5.41) is 10.5. The summed E-state index contributed by atoms with van der Waals surface area (Å²) in [5.74, 6) is 1.02. The highest BCUT2D eigenvalue weighted by atomic mass is 15.3. The number of nitrogens with zero attached hydrogens (tertiary/aromatic N) is 4. The van der Waals surface area contributed by atoms with Crippen LogP contribution in [0.25, 0.3) is 21.8 Å². The van der Waals surface area contributed by atoms with Gasteiger partial charge < -0.3 is 10.6 Å². The van der Waals surface area contributed by atoms with Crippen molar-refractivity contribution in [1.82, 2.24) is 20.2 Å². The van der Waals surface area contributed by atoms with Gasteiger partial charge in [0.25, 0.3) is 0 Å². The van der Waals surface area contributed by atoms with Gasteiger partial charge in [0.2, 0.25) is 0 Å². The van der Waals surface area contributed by atoms with Crippen molar-refractivity contribution in [3.63, 3.8) is 0 Å². The van der Waals surface area contributed by atoms with Crippen molar-refractivity contribution in [2.45, 2.75) is 12.5 Å². The van der Waals surface area contributed by atoms with Crippen LogP contribution in [0.3, 0.4) is 0 Å². The first-order chi connectivity index (χ1) is 9.33. The van der Waals surface area contributed by atoms with Crippen LogP contribution in [-0.4, -0.2) is 39.3 Å². The van der Waals surface area contributed by atoms with Crippen LogP contribution in [0, 0.1) is 0 Å². The number of H-pyrrole nitrogens is 1. The third-order valence-corrected chi connectivity index (χ3v) is 3.71. The maximum atomic E-state index is 6.00. The fourth-order valence-electron chi connectivity index (χ4n) is 2.78. The molecule has 1 aliphatic heterocycles. The van der Waals surface area contributed by atoms with E-state index in [0.29, 0.717) is 0 Å². The van der Waals surface area contributed by atoms with Gasteiger partial charge in [0.15, 0.2) is 5.65 Å². The normalized spacial score (nSPS) is 19.6. The predicted octanol–water partition coefficient (Wildman–Crippen LogP) is 1.04. The summed E-state index contributed by atoms with van der Waals surface area (Å²) in [7, 11) is 0. The molecule has 1 atom stereocenters. The zero-order chi connectivity index (χ0) is 12.8. The number of aromatic amines is 1. The molecule has 6 heteroatoms. The molecule has 4 heterocycles. The summed E-state index contributed by atoms with van der Waals surface area (Å²) in [5.41, 5.74) is 6.77. The van der Waals surface area contributed by atoms with Gasteiger partial charge in [0.1, 0.15) is 5.82 Å². The van der Waals surface area contributed by atoms with E-state index in [2.05, 4.69) is 25.1 Å². The first kappa shape index (κ1) is 10.7. The number of nitrogens with one attached hydrogen (secondary N) is 1. The summed E-state index contributed by atoms with van der Waals surface area (Å²) >= 11 is 0. The first-order valence-electron chi connectivity index (χ1n) is 6.40. The van der Waals surface area contributed by atoms with Crippen molar-refractivity contribution in [2.75, 3.05) is 18.0 Å². The second-order valence-corrected chi connectivity index (χ2v) is 4.98. The average Bonchev–Trinajstić information content (AvgIpc) is 3.06. The summed E-state index contributed by atoms with van der Waals surface area (Å²) in [6, 6.07) is 2.23. The molecular weight excluding hydrogens is 240 g/mol. The van der Waals surface area contributed by atoms with Crippen LogP contribution in [0.2, 0.25) is 0 Å². The zero-order valence-electron chi connectivity index (χ0n) is 10.4. The van der Waals surface area contributed by atoms with Crippen molar-refractivity contribution in [2.24, 2.45) is 5.73 Å². The predicted molar refractivity (Wildman–Crippen MR) is 74.0 cm³/mol. The molecule has 1 saturated heterocycles. The van der Waals surface area contributed by atoms with Gasteiger partial charge in [0, 0.05) is 47.7 Å². The Hall–Kier alpha value is -2.21. The maximum Gasteiger partial charge on any atom is 0.159 e. The van der Waals surface area contributed by atoms with E-state index in [1.165, 1.54) is 0 Å². The van der Waals surface area contributed by atoms with Gasteiger partial charge >= 0.3 is 0 Å². The third kappa shape index (κ3) is 1.57. The van der Waals surface area contributed by atoms with Crippen LogP contribution in [0.4, 0.5) is 5.82 Å². The lowest BCUT2D eigenvalue weighted by atomic mass is 10.1. The van der Waals surface area contributed by atoms with Crippen LogP contribution >= 0.6 is 0 Å². The molecule has 3 aromatic heterocycles. The summed E-state index contributed by atoms with van der Waals surface area (Å²) in [6.45, 7) is 1.81. The monoisotopic (exact) mass is 254 g/mol. The SMILES string of the molecule is NC1CCN(c2[nH]ncc3cnc4nccc4c23)C1. The Kier molecular flexibility index (Phi) is 2.19. The fraction of sp³-hybridized carbons (Fsp3) is 0.308. The lowest BCUT2D eigenvalue weighted by molar-refractivity contribution is 0.751. The van der Waals surface area contributed by atoms with E-state index in [0.717, 1.165) is 47.1 Å². The minimum Gasteiger partial charge on any atom is -0.355 e. The Balaban J connectivity index is 2.01. The van der Waals surface area contributed by atoms with Gasteiger partial charge in [-0.2, -0.15) is 5.10 Å². The molecule has 3 aromatic rings. The molecule has 6 nitrogen and oxygen atoms in total. The van der Waals surface area contributed by atoms with Crippen LogP contribution in [0.5, 0.6) is 0 Å². The number of fused-ring (bicyclic) bond motifs is 3. The van der Waals surface area contributed by atoms with Crippen LogP contribution in [0.15, 0.2) is 24.7 Å². The smallest absolute Gasteiger partial charge is 0.159 e. The molecule has 0 bridgehead atoms. The summed E-state index contributed by atoms with van der Waals surface area (Å²) < 4.78 is 0. The lowest BCUT2D eigenvalue weighted by Crippen LogP contribution is -2.27. The molecule has 0 saturated carbocycles.